The molecule has 0 spiro atoms. The van der Waals surface area contributed by atoms with Gasteiger partial charge >= 0.3 is 0 Å². The van der Waals surface area contributed by atoms with Crippen molar-refractivity contribution in [2.45, 2.75) is 57.4 Å². The van der Waals surface area contributed by atoms with Crippen molar-refractivity contribution in [3.8, 4) is 0 Å². The maximum Gasteiger partial charge on any atom is 0.240 e. The summed E-state index contributed by atoms with van der Waals surface area (Å²) in [7, 11) is 0. The van der Waals surface area contributed by atoms with Gasteiger partial charge in [-0.3, -0.25) is 9.59 Å². The number of likely N-dealkylation sites (tertiary alicyclic amines) is 1. The van der Waals surface area contributed by atoms with Crippen LogP contribution in [0.25, 0.3) is 0 Å². The maximum absolute atomic E-state index is 12.5. The molecule has 0 radical (unpaired) electrons. The molecule has 1 saturated carbocycles. The quantitative estimate of drug-likeness (QED) is 0.231. The largest absolute Gasteiger partial charge is 0.370 e. The normalized spacial score (nSPS) is 24.5. The van der Waals surface area contributed by atoms with Crippen molar-refractivity contribution in [2.75, 3.05) is 26.2 Å². The lowest BCUT2D eigenvalue weighted by Gasteiger charge is -2.42. The minimum atomic E-state index is 0.0466. The lowest BCUT2D eigenvalue weighted by atomic mass is 9.71. The van der Waals surface area contributed by atoms with Crippen molar-refractivity contribution in [2.24, 2.45) is 28.3 Å². The minimum Gasteiger partial charge on any atom is -0.370 e. The molecule has 2 heterocycles. The van der Waals surface area contributed by atoms with E-state index in [9.17, 15) is 9.59 Å². The Bertz CT molecular complexity index is 754. The molecule has 0 bridgehead atoms. The minimum absolute atomic E-state index is 0.0466. The van der Waals surface area contributed by atoms with Crippen molar-refractivity contribution in [1.29, 1.82) is 0 Å². The number of carbonyl (C=O) groups is 2. The number of piperidine rings is 1. The second-order valence-electron chi connectivity index (χ2n) is 8.99. The van der Waals surface area contributed by atoms with E-state index in [0.29, 0.717) is 24.8 Å². The number of hydrogen-bond acceptors (Lipinski definition) is 4. The van der Waals surface area contributed by atoms with Crippen molar-refractivity contribution >= 4 is 24.0 Å². The summed E-state index contributed by atoms with van der Waals surface area (Å²) in [6.07, 6.45) is 10.5. The zero-order valence-corrected chi connectivity index (χ0v) is 19.0. The number of nitrogens with two attached hydrogens (primary N) is 2. The van der Waals surface area contributed by atoms with Crippen LogP contribution >= 0.6 is 0 Å². The van der Waals surface area contributed by atoms with Gasteiger partial charge in [-0.15, -0.1) is 0 Å². The average molecular weight is 443 g/mol. The number of carbonyl (C=O) groups excluding carboxylic acids is 2. The van der Waals surface area contributed by atoms with Gasteiger partial charge in [-0.25, -0.2) is 4.99 Å². The number of fused-ring (bicyclic) bond motifs is 1. The molecule has 3 unspecified atom stereocenters. The van der Waals surface area contributed by atoms with Gasteiger partial charge in [-0.05, 0) is 68.2 Å². The van der Waals surface area contributed by atoms with Crippen molar-refractivity contribution in [3.63, 3.8) is 0 Å². The van der Waals surface area contributed by atoms with E-state index in [0.717, 1.165) is 43.2 Å². The van der Waals surface area contributed by atoms with Crippen molar-refractivity contribution in [1.82, 2.24) is 15.5 Å². The summed E-state index contributed by atoms with van der Waals surface area (Å²) >= 11 is 0. The van der Waals surface area contributed by atoms with Crippen molar-refractivity contribution < 1.29 is 9.59 Å². The molecule has 4 rings (SSSR count). The van der Waals surface area contributed by atoms with E-state index >= 15 is 0 Å². The molecule has 1 aromatic carbocycles. The smallest absolute Gasteiger partial charge is 0.240 e. The van der Waals surface area contributed by atoms with E-state index in [1.165, 1.54) is 44.9 Å². The Morgan fingerprint density at radius 2 is 1.81 bits per heavy atom. The summed E-state index contributed by atoms with van der Waals surface area (Å²) < 4.78 is 0. The number of nitrogens with zero attached hydrogens (tertiary/aromatic N) is 2. The van der Waals surface area contributed by atoms with Crippen molar-refractivity contribution in [3.05, 3.63) is 29.8 Å². The topological polar surface area (TPSA) is 126 Å². The molecule has 1 aromatic rings. The van der Waals surface area contributed by atoms with E-state index < -0.39 is 0 Å². The molecule has 2 saturated heterocycles. The fraction of sp³-hybridized carbons (Fsp3) is 0.625. The van der Waals surface area contributed by atoms with E-state index in [4.69, 9.17) is 11.5 Å². The Balaban J connectivity index is 0.000000183. The second-order valence-corrected chi connectivity index (χ2v) is 8.99. The van der Waals surface area contributed by atoms with E-state index in [1.54, 1.807) is 0 Å². The third-order valence-electron chi connectivity index (χ3n) is 6.80. The predicted molar refractivity (Wildman–Crippen MR) is 127 cm³/mol. The van der Waals surface area contributed by atoms with Crippen LogP contribution in [-0.2, 0) is 16.0 Å². The van der Waals surface area contributed by atoms with Crippen LogP contribution < -0.4 is 22.1 Å². The van der Waals surface area contributed by atoms with Crippen LogP contribution in [0.5, 0.6) is 0 Å². The first-order chi connectivity index (χ1) is 15.6. The highest BCUT2D eigenvalue weighted by Gasteiger charge is 2.40. The molecule has 2 aliphatic heterocycles. The molecule has 176 valence electrons. The maximum atomic E-state index is 12.5. The van der Waals surface area contributed by atoms with Gasteiger partial charge in [-0.1, -0.05) is 31.4 Å². The predicted octanol–water partition coefficient (Wildman–Crippen LogP) is 1.66. The Labute approximate surface area is 191 Å². The number of aliphatic imine (C=N–C) groups is 1. The van der Waals surface area contributed by atoms with E-state index in [1.807, 2.05) is 24.3 Å². The second kappa shape index (κ2) is 12.4. The lowest BCUT2D eigenvalue weighted by molar-refractivity contribution is -0.135. The Hall–Kier alpha value is -2.61. The number of guanidine groups is 1. The van der Waals surface area contributed by atoms with Crippen LogP contribution in [0.3, 0.4) is 0 Å². The van der Waals surface area contributed by atoms with Gasteiger partial charge in [0.05, 0.1) is 11.7 Å². The molecule has 3 fully saturated rings. The standard InChI is InChI=1S/C14H24N2O.C10H14N4O/c17-14(16-9-3-4-10-16)13-12-6-2-1-5-11(12)7-8-15-13;11-10(12)14-9-3-1-8(2-4-9)5-6-13-7-15/h11-13,15H,1-10H2;1-4,7H,5-6H2,(H,13,15)(H4,11,12,14). The molecule has 3 atom stereocenters. The van der Waals surface area contributed by atoms with Crippen LogP contribution in [0, 0.1) is 11.8 Å². The van der Waals surface area contributed by atoms with Gasteiger partial charge in [0.25, 0.3) is 0 Å². The zero-order chi connectivity index (χ0) is 22.8. The fourth-order valence-electron chi connectivity index (χ4n) is 5.18. The number of nitrogens with one attached hydrogen (secondary N) is 2. The third kappa shape index (κ3) is 6.95. The highest BCUT2D eigenvalue weighted by atomic mass is 16.2. The zero-order valence-electron chi connectivity index (χ0n) is 19.0. The van der Waals surface area contributed by atoms with Crippen LogP contribution in [0.1, 0.15) is 50.5 Å². The summed E-state index contributed by atoms with van der Waals surface area (Å²) in [5, 5.41) is 6.10. The van der Waals surface area contributed by atoms with Crippen LogP contribution in [0.15, 0.2) is 29.3 Å². The van der Waals surface area contributed by atoms with Crippen LogP contribution in [0.2, 0.25) is 0 Å². The van der Waals surface area contributed by atoms with Gasteiger partial charge in [0.2, 0.25) is 12.3 Å². The molecule has 3 aliphatic rings. The molecule has 8 heteroatoms. The summed E-state index contributed by atoms with van der Waals surface area (Å²) in [5.74, 6) is 1.90. The molecule has 0 aromatic heterocycles. The molecular formula is C24H38N6O2. The first-order valence-electron chi connectivity index (χ1n) is 12.0. The fourth-order valence-corrected chi connectivity index (χ4v) is 5.18. The van der Waals surface area contributed by atoms with Crippen LogP contribution in [0.4, 0.5) is 5.69 Å². The molecule has 8 nitrogen and oxygen atoms in total. The average Bonchev–Trinajstić information content (AvgIpc) is 3.35. The number of hydrogen-bond donors (Lipinski definition) is 4. The van der Waals surface area contributed by atoms with Crippen LogP contribution in [-0.4, -0.2) is 55.4 Å². The highest BCUT2D eigenvalue weighted by molar-refractivity contribution is 5.82. The summed E-state index contributed by atoms with van der Waals surface area (Å²) in [6.45, 7) is 3.67. The summed E-state index contributed by atoms with van der Waals surface area (Å²) in [4.78, 5) is 28.5. The summed E-state index contributed by atoms with van der Waals surface area (Å²) in [6, 6.07) is 7.65. The number of benzene rings is 1. The highest BCUT2D eigenvalue weighted by Crippen LogP contribution is 2.37. The molecule has 32 heavy (non-hydrogen) atoms. The molecule has 6 N–H and O–H groups in total. The monoisotopic (exact) mass is 442 g/mol. The molecule has 1 aliphatic carbocycles. The SMILES string of the molecule is NC(N)=Nc1ccc(CCNC=O)cc1.O=C(C1NCCC2CCCCC21)N1CCCC1. The number of rotatable bonds is 6. The molecule has 2 amide bonds. The Kier molecular flexibility index (Phi) is 9.34. The summed E-state index contributed by atoms with van der Waals surface area (Å²) in [5.41, 5.74) is 12.3. The third-order valence-corrected chi connectivity index (χ3v) is 6.80. The first kappa shape index (κ1) is 24.0. The molecular weight excluding hydrogens is 404 g/mol. The number of amides is 2. The van der Waals surface area contributed by atoms with Gasteiger partial charge in [-0.2, -0.15) is 0 Å². The van der Waals surface area contributed by atoms with Gasteiger partial charge < -0.3 is 27.0 Å². The van der Waals surface area contributed by atoms with Gasteiger partial charge in [0.15, 0.2) is 5.96 Å². The Morgan fingerprint density at radius 3 is 2.50 bits per heavy atom. The van der Waals surface area contributed by atoms with E-state index in [2.05, 4.69) is 20.5 Å². The van der Waals surface area contributed by atoms with Gasteiger partial charge in [0.1, 0.15) is 0 Å². The Morgan fingerprint density at radius 1 is 1.09 bits per heavy atom. The first-order valence-corrected chi connectivity index (χ1v) is 12.0. The lowest BCUT2D eigenvalue weighted by Crippen LogP contribution is -2.55. The van der Waals surface area contributed by atoms with E-state index in [-0.39, 0.29) is 12.0 Å². The van der Waals surface area contributed by atoms with Gasteiger partial charge in [0, 0.05) is 19.6 Å².